The smallest absolute Gasteiger partial charge is 0.295 e. The van der Waals surface area contributed by atoms with Crippen molar-refractivity contribution in [2.24, 2.45) is 0 Å². The molecule has 2 aromatic rings. The molecule has 2 aromatic carbocycles. The minimum Gasteiger partial charge on any atom is -0.496 e. The molecule has 0 bridgehead atoms. The Hall–Kier alpha value is -2.63. The first-order valence-electron chi connectivity index (χ1n) is 6.82. The number of methoxy groups -OCH3 is 1. The summed E-state index contributed by atoms with van der Waals surface area (Å²) in [4.78, 5) is 10.3. The van der Waals surface area contributed by atoms with Crippen molar-refractivity contribution >= 4 is 11.4 Å². The average molecular weight is 304 g/mol. The van der Waals surface area contributed by atoms with Crippen molar-refractivity contribution in [1.29, 1.82) is 0 Å². The molecule has 5 nitrogen and oxygen atoms in total. The highest BCUT2D eigenvalue weighted by atomic mass is 19.1. The standard InChI is InChI=1S/C16H17FN2O3/c1-11-3-6-16(22-2)12(9-11)7-8-18-14-5-4-13(17)10-15(14)19(20)21/h3-6,9-10,18H,7-8H2,1-2H3. The summed E-state index contributed by atoms with van der Waals surface area (Å²) >= 11 is 0. The largest absolute Gasteiger partial charge is 0.496 e. The molecule has 0 aromatic heterocycles. The highest BCUT2D eigenvalue weighted by molar-refractivity contribution is 5.61. The van der Waals surface area contributed by atoms with E-state index >= 15 is 0 Å². The topological polar surface area (TPSA) is 64.4 Å². The van der Waals surface area contributed by atoms with E-state index in [-0.39, 0.29) is 5.69 Å². The number of ether oxygens (including phenoxy) is 1. The fourth-order valence-corrected chi connectivity index (χ4v) is 2.24. The summed E-state index contributed by atoms with van der Waals surface area (Å²) in [6.07, 6.45) is 0.638. The van der Waals surface area contributed by atoms with E-state index < -0.39 is 10.7 Å². The molecule has 6 heteroatoms. The van der Waals surface area contributed by atoms with Crippen LogP contribution in [-0.4, -0.2) is 18.6 Å². The number of rotatable bonds is 6. The fourth-order valence-electron chi connectivity index (χ4n) is 2.24. The van der Waals surface area contributed by atoms with E-state index in [1.807, 2.05) is 25.1 Å². The Labute approximate surface area is 127 Å². The first-order chi connectivity index (χ1) is 10.5. The highest BCUT2D eigenvalue weighted by Gasteiger charge is 2.14. The Morgan fingerprint density at radius 2 is 2.05 bits per heavy atom. The van der Waals surface area contributed by atoms with Gasteiger partial charge in [-0.2, -0.15) is 0 Å². The van der Waals surface area contributed by atoms with E-state index in [1.54, 1.807) is 7.11 Å². The van der Waals surface area contributed by atoms with Gasteiger partial charge in [-0.15, -0.1) is 0 Å². The Morgan fingerprint density at radius 1 is 1.27 bits per heavy atom. The van der Waals surface area contributed by atoms with Crippen LogP contribution in [0.1, 0.15) is 11.1 Å². The zero-order valence-corrected chi connectivity index (χ0v) is 12.4. The van der Waals surface area contributed by atoms with Gasteiger partial charge in [-0.3, -0.25) is 10.1 Å². The van der Waals surface area contributed by atoms with E-state index in [9.17, 15) is 14.5 Å². The summed E-state index contributed by atoms with van der Waals surface area (Å²) in [6, 6.07) is 9.35. The van der Waals surface area contributed by atoms with Gasteiger partial charge in [0.2, 0.25) is 0 Å². The molecule has 0 saturated heterocycles. The van der Waals surface area contributed by atoms with Gasteiger partial charge in [0.25, 0.3) is 5.69 Å². The van der Waals surface area contributed by atoms with E-state index in [2.05, 4.69) is 5.32 Å². The quantitative estimate of drug-likeness (QED) is 0.652. The highest BCUT2D eigenvalue weighted by Crippen LogP contribution is 2.25. The summed E-state index contributed by atoms with van der Waals surface area (Å²) in [5.74, 6) is 0.151. The van der Waals surface area contributed by atoms with Crippen molar-refractivity contribution in [3.05, 3.63) is 63.5 Å². The molecule has 0 heterocycles. The van der Waals surface area contributed by atoms with Gasteiger partial charge < -0.3 is 10.1 Å². The number of anilines is 1. The maximum atomic E-state index is 13.1. The lowest BCUT2D eigenvalue weighted by Crippen LogP contribution is -2.08. The molecule has 1 N–H and O–H groups in total. The number of nitrogens with zero attached hydrogens (tertiary/aromatic N) is 1. The van der Waals surface area contributed by atoms with Gasteiger partial charge in [-0.1, -0.05) is 17.7 Å². The number of hydrogen-bond acceptors (Lipinski definition) is 4. The summed E-state index contributed by atoms with van der Waals surface area (Å²) < 4.78 is 18.4. The molecule has 22 heavy (non-hydrogen) atoms. The third-order valence-corrected chi connectivity index (χ3v) is 3.30. The first kappa shape index (κ1) is 15.8. The molecule has 0 atom stereocenters. The molecule has 0 spiro atoms. The van der Waals surface area contributed by atoms with Crippen LogP contribution in [-0.2, 0) is 6.42 Å². The minimum atomic E-state index is -0.627. The lowest BCUT2D eigenvalue weighted by molar-refractivity contribution is -0.384. The third-order valence-electron chi connectivity index (χ3n) is 3.30. The molecule has 0 aliphatic heterocycles. The number of aryl methyl sites for hydroxylation is 1. The zero-order valence-electron chi connectivity index (χ0n) is 12.4. The molecule has 116 valence electrons. The molecule has 0 aliphatic carbocycles. The number of benzene rings is 2. The molecule has 0 amide bonds. The predicted octanol–water partition coefficient (Wildman–Crippen LogP) is 3.71. The van der Waals surface area contributed by atoms with Gasteiger partial charge >= 0.3 is 0 Å². The molecule has 0 unspecified atom stereocenters. The number of nitrogens with one attached hydrogen (secondary N) is 1. The molecule has 2 rings (SSSR count). The molecule has 0 aliphatic rings. The van der Waals surface area contributed by atoms with Gasteiger partial charge in [0.15, 0.2) is 0 Å². The maximum absolute atomic E-state index is 13.1. The van der Waals surface area contributed by atoms with Crippen LogP contribution in [0.2, 0.25) is 0 Å². The summed E-state index contributed by atoms with van der Waals surface area (Å²) in [5, 5.41) is 13.9. The number of halogens is 1. The van der Waals surface area contributed by atoms with Crippen LogP contribution in [0.25, 0.3) is 0 Å². The maximum Gasteiger partial charge on any atom is 0.295 e. The Morgan fingerprint density at radius 3 is 2.73 bits per heavy atom. The zero-order chi connectivity index (χ0) is 16.1. The van der Waals surface area contributed by atoms with E-state index in [0.29, 0.717) is 18.7 Å². The van der Waals surface area contributed by atoms with Crippen molar-refractivity contribution in [1.82, 2.24) is 0 Å². The van der Waals surface area contributed by atoms with Crippen LogP contribution < -0.4 is 10.1 Å². The SMILES string of the molecule is COc1ccc(C)cc1CCNc1ccc(F)cc1[N+](=O)[O-]. The Bertz CT molecular complexity index is 689. The Balaban J connectivity index is 2.09. The monoisotopic (exact) mass is 304 g/mol. The second-order valence-corrected chi connectivity index (χ2v) is 4.91. The second-order valence-electron chi connectivity index (χ2n) is 4.91. The summed E-state index contributed by atoms with van der Waals surface area (Å²) in [5.41, 5.74) is 2.16. The van der Waals surface area contributed by atoms with Crippen LogP contribution in [0.4, 0.5) is 15.8 Å². The number of nitro benzene ring substituents is 1. The van der Waals surface area contributed by atoms with Gasteiger partial charge in [0.1, 0.15) is 17.3 Å². The predicted molar refractivity (Wildman–Crippen MR) is 83.0 cm³/mol. The minimum absolute atomic E-state index is 0.267. The van der Waals surface area contributed by atoms with Crippen LogP contribution in [0.5, 0.6) is 5.75 Å². The number of nitro groups is 1. The van der Waals surface area contributed by atoms with Crippen molar-refractivity contribution in [3.63, 3.8) is 0 Å². The third kappa shape index (κ3) is 3.72. The Kier molecular flexibility index (Phi) is 4.93. The van der Waals surface area contributed by atoms with Crippen LogP contribution in [0.3, 0.4) is 0 Å². The van der Waals surface area contributed by atoms with Crippen LogP contribution in [0, 0.1) is 22.9 Å². The number of hydrogen-bond donors (Lipinski definition) is 1. The summed E-state index contributed by atoms with van der Waals surface area (Å²) in [7, 11) is 1.60. The lowest BCUT2D eigenvalue weighted by atomic mass is 10.1. The van der Waals surface area contributed by atoms with Gasteiger partial charge in [0.05, 0.1) is 18.1 Å². The van der Waals surface area contributed by atoms with E-state index in [0.717, 1.165) is 22.9 Å². The van der Waals surface area contributed by atoms with Crippen molar-refractivity contribution in [2.75, 3.05) is 19.0 Å². The van der Waals surface area contributed by atoms with E-state index in [4.69, 9.17) is 4.74 Å². The van der Waals surface area contributed by atoms with Gasteiger partial charge in [0, 0.05) is 6.54 Å². The second kappa shape index (κ2) is 6.89. The van der Waals surface area contributed by atoms with Crippen LogP contribution >= 0.6 is 0 Å². The summed E-state index contributed by atoms with van der Waals surface area (Å²) in [6.45, 7) is 2.47. The average Bonchev–Trinajstić information content (AvgIpc) is 2.48. The van der Waals surface area contributed by atoms with Gasteiger partial charge in [-0.05, 0) is 37.1 Å². The van der Waals surface area contributed by atoms with Crippen molar-refractivity contribution in [3.8, 4) is 5.75 Å². The fraction of sp³-hybridized carbons (Fsp3) is 0.250. The molecule has 0 radical (unpaired) electrons. The molecule has 0 saturated carbocycles. The van der Waals surface area contributed by atoms with E-state index in [1.165, 1.54) is 12.1 Å². The lowest BCUT2D eigenvalue weighted by Gasteiger charge is -2.11. The van der Waals surface area contributed by atoms with Crippen LogP contribution in [0.15, 0.2) is 36.4 Å². The van der Waals surface area contributed by atoms with Gasteiger partial charge in [-0.25, -0.2) is 4.39 Å². The van der Waals surface area contributed by atoms with Crippen molar-refractivity contribution < 1.29 is 14.1 Å². The molecular formula is C16H17FN2O3. The normalized spacial score (nSPS) is 10.3. The molecule has 0 fully saturated rings. The molecular weight excluding hydrogens is 287 g/mol. The first-order valence-corrected chi connectivity index (χ1v) is 6.82. The van der Waals surface area contributed by atoms with Crippen molar-refractivity contribution in [2.45, 2.75) is 13.3 Å².